The number of carbonyl (C=O) groups is 2. The lowest BCUT2D eigenvalue weighted by Gasteiger charge is -2.46. The first-order valence-corrected chi connectivity index (χ1v) is 23.9. The van der Waals surface area contributed by atoms with E-state index in [2.05, 4.69) is 20.2 Å². The fraction of sp³-hybridized carbons (Fsp3) is 0.519. The lowest BCUT2D eigenvalue weighted by Crippen LogP contribution is -2.52. The van der Waals surface area contributed by atoms with Gasteiger partial charge < -0.3 is 70.5 Å². The third-order valence-corrected chi connectivity index (χ3v) is 14.2. The van der Waals surface area contributed by atoms with Crippen LogP contribution in [0.15, 0.2) is 42.5 Å². The summed E-state index contributed by atoms with van der Waals surface area (Å²) >= 11 is 0. The van der Waals surface area contributed by atoms with E-state index in [0.29, 0.717) is 105 Å². The van der Waals surface area contributed by atoms with Gasteiger partial charge in [-0.05, 0) is 53.1 Å². The summed E-state index contributed by atoms with van der Waals surface area (Å²) in [6.45, 7) is 3.32. The van der Waals surface area contributed by atoms with E-state index in [1.54, 1.807) is 78.2 Å². The Bertz CT molecular complexity index is 2470. The van der Waals surface area contributed by atoms with Crippen LogP contribution in [0.3, 0.4) is 0 Å². The second-order valence-electron chi connectivity index (χ2n) is 18.2. The van der Waals surface area contributed by atoms with Crippen LogP contribution in [-0.4, -0.2) is 153 Å². The number of rotatable bonds is 25. The number of fused-ring (bicyclic) bond motifs is 2. The summed E-state index contributed by atoms with van der Waals surface area (Å²) in [5, 5.41) is 0. The van der Waals surface area contributed by atoms with Crippen LogP contribution < -0.4 is 52.1 Å². The number of esters is 2. The number of ether oxygens (including phenoxy) is 13. The van der Waals surface area contributed by atoms with Crippen LogP contribution in [0.5, 0.6) is 63.2 Å². The first-order valence-electron chi connectivity index (χ1n) is 23.9. The van der Waals surface area contributed by atoms with Gasteiger partial charge in [0.25, 0.3) is 0 Å². The number of benzene rings is 4. The van der Waals surface area contributed by atoms with Crippen LogP contribution in [-0.2, 0) is 38.3 Å². The molecule has 0 bridgehead atoms. The fourth-order valence-corrected chi connectivity index (χ4v) is 10.6. The molecule has 2 aliphatic rings. The van der Waals surface area contributed by atoms with E-state index in [0.717, 1.165) is 59.3 Å². The number of hydrogen-bond donors (Lipinski definition) is 0. The molecule has 6 rings (SSSR count). The van der Waals surface area contributed by atoms with Crippen LogP contribution >= 0.6 is 0 Å². The highest BCUT2D eigenvalue weighted by molar-refractivity contribution is 5.77. The summed E-state index contributed by atoms with van der Waals surface area (Å²) in [6.07, 6.45) is 3.16. The molecule has 0 saturated carbocycles. The minimum atomic E-state index is -0.461. The predicted molar refractivity (Wildman–Crippen MR) is 266 cm³/mol. The van der Waals surface area contributed by atoms with Crippen LogP contribution in [0.1, 0.15) is 71.1 Å². The predicted octanol–water partition coefficient (Wildman–Crippen LogP) is 7.51. The zero-order valence-electron chi connectivity index (χ0n) is 43.9. The van der Waals surface area contributed by atoms with Crippen LogP contribution in [0.4, 0.5) is 0 Å². The van der Waals surface area contributed by atoms with E-state index in [4.69, 9.17) is 61.6 Å². The van der Waals surface area contributed by atoms with Crippen LogP contribution in [0.2, 0.25) is 0 Å². The normalized spacial score (nSPS) is 19.0. The van der Waals surface area contributed by atoms with Gasteiger partial charge in [0.15, 0.2) is 46.0 Å². The van der Waals surface area contributed by atoms with Gasteiger partial charge in [-0.25, -0.2) is 0 Å². The summed E-state index contributed by atoms with van der Waals surface area (Å²) in [5.41, 5.74) is 6.20. The lowest BCUT2D eigenvalue weighted by atomic mass is 9.84. The molecule has 17 nitrogen and oxygen atoms in total. The molecule has 0 aliphatic carbocycles. The Kier molecular flexibility index (Phi) is 18.3. The number of quaternary nitrogens is 2. The second kappa shape index (κ2) is 24.1. The standard InChI is InChI=1S/C54H74N2O15/c1-55(24-20-35-30-43(63-7)51(66-10)53(68-12)47(35)38(55)28-34-16-17-39(59-3)40(29-34)60-4)22-14-26-70-45(57)18-19-46(58)71-27-15-23-56(2)25-21-36-31-44(64-8)52(67-11)54(69-13)48(36)49(56)37-32-41(61-5)50(65-9)42(33-37)62-6/h16-17,29-33,38,49H,14-15,18-28H2,1-13H3/q+2. The molecule has 388 valence electrons. The molecule has 0 saturated heterocycles. The Morgan fingerprint density at radius 1 is 0.479 bits per heavy atom. The molecule has 0 aromatic heterocycles. The van der Waals surface area contributed by atoms with Crippen molar-refractivity contribution in [3.8, 4) is 63.2 Å². The number of nitrogens with zero attached hydrogens (tertiary/aromatic N) is 2. The van der Waals surface area contributed by atoms with Gasteiger partial charge in [-0.15, -0.1) is 0 Å². The third kappa shape index (κ3) is 11.4. The average Bonchev–Trinajstić information content (AvgIpc) is 3.39. The van der Waals surface area contributed by atoms with Crippen molar-refractivity contribution in [2.75, 3.05) is 132 Å². The largest absolute Gasteiger partial charge is 0.493 e. The maximum Gasteiger partial charge on any atom is 0.306 e. The van der Waals surface area contributed by atoms with Crippen molar-refractivity contribution in [1.29, 1.82) is 0 Å². The highest BCUT2D eigenvalue weighted by Gasteiger charge is 2.45. The van der Waals surface area contributed by atoms with Gasteiger partial charge in [0, 0.05) is 37.7 Å². The quantitative estimate of drug-likeness (QED) is 0.0365. The minimum absolute atomic E-state index is 0.0526. The molecule has 0 radical (unpaired) electrons. The van der Waals surface area contributed by atoms with Gasteiger partial charge in [-0.1, -0.05) is 6.07 Å². The van der Waals surface area contributed by atoms with E-state index < -0.39 is 11.9 Å². The maximum absolute atomic E-state index is 13.1. The smallest absolute Gasteiger partial charge is 0.306 e. The molecule has 71 heavy (non-hydrogen) atoms. The molecule has 0 spiro atoms. The van der Waals surface area contributed by atoms with Gasteiger partial charge in [0.05, 0.1) is 156 Å². The van der Waals surface area contributed by atoms with E-state index >= 15 is 0 Å². The van der Waals surface area contributed by atoms with Crippen molar-refractivity contribution in [3.05, 3.63) is 75.8 Å². The number of likely N-dealkylation sites (N-methyl/N-ethyl adjacent to an activating group) is 2. The number of carbonyl (C=O) groups excluding carboxylic acids is 2. The molecule has 0 amide bonds. The van der Waals surface area contributed by atoms with E-state index in [1.165, 1.54) is 0 Å². The number of methoxy groups -OCH3 is 11. The van der Waals surface area contributed by atoms with Gasteiger partial charge in [0.2, 0.25) is 17.2 Å². The van der Waals surface area contributed by atoms with Gasteiger partial charge >= 0.3 is 11.9 Å². The topological polar surface area (TPSA) is 154 Å². The first kappa shape index (κ1) is 53.9. The Morgan fingerprint density at radius 3 is 1.39 bits per heavy atom. The second-order valence-corrected chi connectivity index (χ2v) is 18.2. The van der Waals surface area contributed by atoms with Crippen LogP contribution in [0.25, 0.3) is 0 Å². The molecule has 2 aliphatic heterocycles. The summed E-state index contributed by atoms with van der Waals surface area (Å²) in [7, 11) is 22.1. The molecular formula is C54H74N2O15+2. The molecule has 17 heteroatoms. The van der Waals surface area contributed by atoms with Gasteiger partial charge in [-0.2, -0.15) is 0 Å². The van der Waals surface area contributed by atoms with Crippen molar-refractivity contribution < 1.29 is 80.1 Å². The highest BCUT2D eigenvalue weighted by Crippen LogP contribution is 2.54. The van der Waals surface area contributed by atoms with E-state index in [1.807, 2.05) is 36.4 Å². The monoisotopic (exact) mass is 991 g/mol. The molecular weight excluding hydrogens is 917 g/mol. The Hall–Kier alpha value is -6.46. The average molecular weight is 991 g/mol. The third-order valence-electron chi connectivity index (χ3n) is 14.2. The molecule has 4 unspecified atom stereocenters. The Balaban J connectivity index is 1.08. The lowest BCUT2D eigenvalue weighted by molar-refractivity contribution is -0.941. The molecule has 4 aromatic rings. The summed E-state index contributed by atoms with van der Waals surface area (Å²) < 4.78 is 76.4. The van der Waals surface area contributed by atoms with E-state index in [-0.39, 0.29) is 38.1 Å². The molecule has 4 atom stereocenters. The molecule has 4 aromatic carbocycles. The minimum Gasteiger partial charge on any atom is -0.493 e. The van der Waals surface area contributed by atoms with Crippen molar-refractivity contribution in [2.45, 2.75) is 57.0 Å². The highest BCUT2D eigenvalue weighted by atomic mass is 16.6. The zero-order chi connectivity index (χ0) is 51.5. The van der Waals surface area contributed by atoms with Crippen molar-refractivity contribution in [2.24, 2.45) is 0 Å². The first-order chi connectivity index (χ1) is 34.2. The molecule has 0 N–H and O–H groups in total. The van der Waals surface area contributed by atoms with Crippen molar-refractivity contribution >= 4 is 11.9 Å². The Morgan fingerprint density at radius 2 is 0.915 bits per heavy atom. The SMILES string of the molecule is COc1ccc(CC2c3c(cc(OC)c(OC)c3OC)CC[N+]2(C)CCCOC(=O)CCC(=O)OCCC[N+]2(C)CCc3cc(OC)c(OC)c(OC)c3C2c2cc(OC)c(OC)c(OC)c2)cc1OC. The van der Waals surface area contributed by atoms with Crippen molar-refractivity contribution in [1.82, 2.24) is 0 Å². The zero-order valence-corrected chi connectivity index (χ0v) is 43.9. The summed E-state index contributed by atoms with van der Waals surface area (Å²) in [5.74, 6) is 5.39. The van der Waals surface area contributed by atoms with E-state index in [9.17, 15) is 9.59 Å². The molecule has 0 fully saturated rings. The van der Waals surface area contributed by atoms with Crippen molar-refractivity contribution in [3.63, 3.8) is 0 Å². The van der Waals surface area contributed by atoms with Gasteiger partial charge in [-0.3, -0.25) is 9.59 Å². The maximum atomic E-state index is 13.1. The summed E-state index contributed by atoms with van der Waals surface area (Å²) in [6, 6.07) is 13.6. The summed E-state index contributed by atoms with van der Waals surface area (Å²) in [4.78, 5) is 26.1. The molecule has 2 heterocycles. The number of hydrogen-bond acceptors (Lipinski definition) is 15. The van der Waals surface area contributed by atoms with Crippen LogP contribution in [0, 0.1) is 0 Å². The van der Waals surface area contributed by atoms with Gasteiger partial charge in [0.1, 0.15) is 12.1 Å². The Labute approximate surface area is 418 Å². The fourth-order valence-electron chi connectivity index (χ4n) is 10.6.